The lowest BCUT2D eigenvalue weighted by atomic mass is 9.31. The summed E-state index contributed by atoms with van der Waals surface area (Å²) in [5.41, 5.74) is 9.58. The number of aromatic hydroxyl groups is 1. The van der Waals surface area contributed by atoms with Gasteiger partial charge in [-0.2, -0.15) is 0 Å². The summed E-state index contributed by atoms with van der Waals surface area (Å²) in [5, 5.41) is 54.1. The zero-order valence-corrected chi connectivity index (χ0v) is 46.0. The highest BCUT2D eigenvalue weighted by molar-refractivity contribution is 6.01. The van der Waals surface area contributed by atoms with Crippen molar-refractivity contribution >= 4 is 17.3 Å². The summed E-state index contributed by atoms with van der Waals surface area (Å²) in [6.45, 7) is 12.7. The number of rotatable bonds is 12. The molecule has 8 N–H and O–H groups in total. The number of benzene rings is 2. The molecule has 0 bridgehead atoms. The van der Waals surface area contributed by atoms with Gasteiger partial charge in [0.05, 0.1) is 17.3 Å². The van der Waals surface area contributed by atoms with Crippen LogP contribution in [0.1, 0.15) is 198 Å². The minimum absolute atomic E-state index is 0.0478. The van der Waals surface area contributed by atoms with Gasteiger partial charge in [-0.05, 0) is 215 Å². The van der Waals surface area contributed by atoms with Crippen molar-refractivity contribution < 1.29 is 34.8 Å². The number of fused-ring (bicyclic) bond motifs is 4. The molecule has 9 aliphatic rings. The molecule has 2 aromatic carbocycles. The third kappa shape index (κ3) is 8.62. The molecular weight excluding hydrogens is 923 g/mol. The summed E-state index contributed by atoms with van der Waals surface area (Å²) < 4.78 is 6.76. The van der Waals surface area contributed by atoms with Gasteiger partial charge in [-0.15, -0.1) is 0 Å². The number of β-amino-alcohol motifs (C(OH)–C–C–N with tert-alkyl or cyclic N) is 1. The zero-order valence-electron chi connectivity index (χ0n) is 46.0. The first-order valence-electron chi connectivity index (χ1n) is 29.9. The van der Waals surface area contributed by atoms with Crippen LogP contribution in [0.15, 0.2) is 53.6 Å². The number of aliphatic hydroxyl groups is 3. The van der Waals surface area contributed by atoms with Crippen LogP contribution in [0.2, 0.25) is 0 Å². The molecule has 0 spiro atoms. The Hall–Kier alpha value is -3.12. The van der Waals surface area contributed by atoms with E-state index in [9.17, 15) is 20.4 Å². The number of nitrogen functional groups attached to an aromatic ring is 1. The molecule has 0 aromatic heterocycles. The number of nitrogens with two attached hydrogens (primary N) is 1. The molecular formula is C64H93N3O7. The van der Waals surface area contributed by atoms with Crippen LogP contribution in [-0.4, -0.2) is 81.6 Å². The highest BCUT2D eigenvalue weighted by atomic mass is 16.6. The van der Waals surface area contributed by atoms with Crippen LogP contribution >= 0.6 is 0 Å². The molecule has 2 aliphatic heterocycles. The number of carbonyl (C=O) groups is 2. The number of epoxide rings is 1. The number of ether oxygens (including phenoxy) is 1. The molecule has 6 saturated carbocycles. The first-order valence-corrected chi connectivity index (χ1v) is 29.9. The number of aliphatic hydroxyl groups excluding tert-OH is 2. The second-order valence-electron chi connectivity index (χ2n) is 27.7. The fraction of sp³-hybridized carbons (Fsp3) is 0.750. The SMILES string of the molecule is CNCc1cc(O)cc([C@H]2C[C@]3(C4CCCC4)[C@H]4[C@H](C[C@@]5(C)[C@@H]3CCC3=C([C@@H](C[C@@H](O)[C@H]6O[C@]6(C)[C@@H]6CCC[C@H]6c6cccc(N)c6)[C@@H]6CCC[C@@H](CO)C6)C(=O)C[C@@]35C)NC[C@@](C)(O)CCCC[C@@]4(C)C2=O)c1. The van der Waals surface area contributed by atoms with E-state index in [0.29, 0.717) is 50.0 Å². The maximum atomic E-state index is 16.0. The van der Waals surface area contributed by atoms with Gasteiger partial charge in [0.15, 0.2) is 5.78 Å². The number of carbonyl (C=O) groups excluding carboxylic acids is 2. The van der Waals surface area contributed by atoms with Crippen LogP contribution in [0.25, 0.3) is 0 Å². The van der Waals surface area contributed by atoms with E-state index >= 15 is 9.59 Å². The van der Waals surface area contributed by atoms with Crippen LogP contribution in [0.4, 0.5) is 5.69 Å². The Morgan fingerprint density at radius 2 is 1.65 bits per heavy atom. The normalized spacial score (nSPS) is 43.4. The van der Waals surface area contributed by atoms with E-state index in [0.717, 1.165) is 125 Å². The molecule has 10 nitrogen and oxygen atoms in total. The lowest BCUT2D eigenvalue weighted by molar-refractivity contribution is -0.222. The van der Waals surface area contributed by atoms with Crippen molar-refractivity contribution in [2.24, 2.45) is 63.1 Å². The number of phenolic OH excluding ortho intramolecular Hbond substituents is 1. The van der Waals surface area contributed by atoms with Crippen molar-refractivity contribution in [2.75, 3.05) is 25.9 Å². The molecule has 74 heavy (non-hydrogen) atoms. The average molecular weight is 1020 g/mol. The van der Waals surface area contributed by atoms with E-state index in [2.05, 4.69) is 62.6 Å². The highest BCUT2D eigenvalue weighted by Crippen LogP contribution is 2.78. The van der Waals surface area contributed by atoms with Gasteiger partial charge in [0.1, 0.15) is 17.6 Å². The number of allylic oxidation sites excluding steroid dienone is 2. The Balaban J connectivity index is 1.01. The van der Waals surface area contributed by atoms with E-state index in [4.69, 9.17) is 10.5 Å². The van der Waals surface area contributed by atoms with Crippen molar-refractivity contribution in [3.05, 3.63) is 70.3 Å². The molecule has 2 aromatic rings. The Labute approximate surface area is 443 Å². The molecule has 0 unspecified atom stereocenters. The number of hydrogen-bond acceptors (Lipinski definition) is 10. The lowest BCUT2D eigenvalue weighted by Crippen LogP contribution is -2.72. The maximum Gasteiger partial charge on any atom is 0.160 e. The number of hydrogen-bond donors (Lipinski definition) is 7. The number of ketones is 2. The second kappa shape index (κ2) is 19.7. The Morgan fingerprint density at radius 1 is 0.878 bits per heavy atom. The van der Waals surface area contributed by atoms with Gasteiger partial charge in [0.25, 0.3) is 0 Å². The van der Waals surface area contributed by atoms with E-state index in [1.165, 1.54) is 24.0 Å². The first-order chi connectivity index (χ1) is 35.3. The summed E-state index contributed by atoms with van der Waals surface area (Å²) in [4.78, 5) is 31.7. The minimum atomic E-state index is -0.887. The van der Waals surface area contributed by atoms with Gasteiger partial charge in [0, 0.05) is 54.6 Å². The number of phenols is 1. The first kappa shape index (κ1) is 52.9. The predicted octanol–water partition coefficient (Wildman–Crippen LogP) is 10.8. The van der Waals surface area contributed by atoms with Gasteiger partial charge in [-0.1, -0.05) is 83.1 Å². The molecule has 0 radical (unpaired) electrons. The van der Waals surface area contributed by atoms with E-state index in [1.54, 1.807) is 0 Å². The number of anilines is 1. The van der Waals surface area contributed by atoms with Crippen LogP contribution in [-0.2, 0) is 20.9 Å². The zero-order chi connectivity index (χ0) is 52.2. The molecule has 11 rings (SSSR count). The fourth-order valence-electron chi connectivity index (χ4n) is 20.2. The summed E-state index contributed by atoms with van der Waals surface area (Å²) in [6.07, 6.45) is 18.1. The summed E-state index contributed by atoms with van der Waals surface area (Å²) in [6, 6.07) is 14.2. The van der Waals surface area contributed by atoms with Crippen LogP contribution in [0.3, 0.4) is 0 Å². The minimum Gasteiger partial charge on any atom is -0.508 e. The predicted molar refractivity (Wildman–Crippen MR) is 291 cm³/mol. The molecule has 2 heterocycles. The largest absolute Gasteiger partial charge is 0.508 e. The monoisotopic (exact) mass is 1020 g/mol. The van der Waals surface area contributed by atoms with Crippen molar-refractivity contribution in [1.82, 2.24) is 10.6 Å². The smallest absolute Gasteiger partial charge is 0.160 e. The van der Waals surface area contributed by atoms with Gasteiger partial charge >= 0.3 is 0 Å². The van der Waals surface area contributed by atoms with Crippen molar-refractivity contribution in [2.45, 2.75) is 217 Å². The van der Waals surface area contributed by atoms with E-state index in [-0.39, 0.29) is 82.5 Å². The van der Waals surface area contributed by atoms with E-state index < -0.39 is 28.1 Å². The van der Waals surface area contributed by atoms with Crippen LogP contribution < -0.4 is 16.4 Å². The number of nitrogens with one attached hydrogen (secondary N) is 2. The molecule has 2 saturated heterocycles. The molecule has 0 amide bonds. The van der Waals surface area contributed by atoms with Crippen molar-refractivity contribution in [1.29, 1.82) is 0 Å². The summed E-state index contributed by atoms with van der Waals surface area (Å²) in [5.74, 6) is 1.94. The highest BCUT2D eigenvalue weighted by Gasteiger charge is 2.75. The third-order valence-electron chi connectivity index (χ3n) is 23.6. The van der Waals surface area contributed by atoms with Gasteiger partial charge in [0.2, 0.25) is 0 Å². The molecule has 7 aliphatic carbocycles. The van der Waals surface area contributed by atoms with Gasteiger partial charge < -0.3 is 41.5 Å². The quantitative estimate of drug-likeness (QED) is 0.0800. The van der Waals surface area contributed by atoms with Crippen molar-refractivity contribution in [3.63, 3.8) is 0 Å². The van der Waals surface area contributed by atoms with Gasteiger partial charge in [-0.25, -0.2) is 0 Å². The second-order valence-corrected chi connectivity index (χ2v) is 27.7. The third-order valence-corrected chi connectivity index (χ3v) is 23.6. The van der Waals surface area contributed by atoms with Gasteiger partial charge in [-0.3, -0.25) is 9.59 Å². The molecule has 8 fully saturated rings. The van der Waals surface area contributed by atoms with Crippen LogP contribution in [0, 0.1) is 63.1 Å². The van der Waals surface area contributed by atoms with Crippen molar-refractivity contribution in [3.8, 4) is 5.75 Å². The van der Waals surface area contributed by atoms with Crippen LogP contribution in [0.5, 0.6) is 5.75 Å². The number of Topliss-reactive ketones (excluding diaryl/α,β-unsaturated/α-hetero) is 2. The molecule has 406 valence electrons. The molecule has 17 atom stereocenters. The lowest BCUT2D eigenvalue weighted by Gasteiger charge is -2.73. The maximum absolute atomic E-state index is 16.0. The Bertz CT molecular complexity index is 2480. The Kier molecular flexibility index (Phi) is 14.1. The molecule has 10 heteroatoms. The van der Waals surface area contributed by atoms with E-state index in [1.807, 2.05) is 32.2 Å². The Morgan fingerprint density at radius 3 is 2.41 bits per heavy atom. The standard InChI is InChI=1S/C64H93N3O7/c1-59(73)24-9-10-25-60(2)56-51(67-37-59)33-62(4)54(64(56,43-17-7-8-18-43)32-48(57(60)72)42-27-39(35-66-6)28-45(69)30-42)23-22-50-55(53(71)34-61(50,62)3)47(40-15-11-14-38(26-40)36-68)31-52(70)58-63(5,74-58)49-21-13-20-46(49)41-16-12-19-44(65)29-41/h12,16,19,27-30,38,40,43,46-49,51-52,54,56,58,66-70,73H,7-11,13-15,17-18,20-26,31-37,65H2,1-6H3/t38-,40-,46+,47+,48-,49-,51+,52-,54+,56+,58-,59+,60-,61+,62+,63-,64-/m1/s1. The summed E-state index contributed by atoms with van der Waals surface area (Å²) >= 11 is 0. The summed E-state index contributed by atoms with van der Waals surface area (Å²) in [7, 11) is 1.92. The topological polar surface area (TPSA) is 178 Å². The fourth-order valence-corrected chi connectivity index (χ4v) is 20.2. The average Bonchev–Trinajstić information content (AvgIpc) is 3.87.